The van der Waals surface area contributed by atoms with Gasteiger partial charge in [0.2, 0.25) is 6.33 Å². The van der Waals surface area contributed by atoms with Crippen molar-refractivity contribution in [1.29, 1.82) is 5.26 Å². The molecule has 29 heavy (non-hydrogen) atoms. The second-order valence-corrected chi connectivity index (χ2v) is 5.30. The zero-order chi connectivity index (χ0) is 21.5. The summed E-state index contributed by atoms with van der Waals surface area (Å²) in [6, 6.07) is 2.00. The van der Waals surface area contributed by atoms with Gasteiger partial charge in [-0.3, -0.25) is 0 Å². The van der Waals surface area contributed by atoms with E-state index in [2.05, 4.69) is 9.72 Å². The first-order chi connectivity index (χ1) is 13.5. The molecule has 9 nitrogen and oxygen atoms in total. The molecule has 0 atom stereocenters. The quantitative estimate of drug-likeness (QED) is 0.267. The van der Waals surface area contributed by atoms with Gasteiger partial charge in [0.15, 0.2) is 6.73 Å². The van der Waals surface area contributed by atoms with E-state index in [-0.39, 0.29) is 18.5 Å². The van der Waals surface area contributed by atoms with E-state index in [0.717, 1.165) is 0 Å². The third kappa shape index (κ3) is 26.3. The lowest BCUT2D eigenvalue weighted by Crippen LogP contribution is -3.00. The molecule has 0 bridgehead atoms. The van der Waals surface area contributed by atoms with E-state index in [1.807, 2.05) is 52.7 Å². The largest absolute Gasteiger partial charge is 1.00 e. The second-order valence-electron chi connectivity index (χ2n) is 5.09. The Hall–Kier alpha value is -1.67. The highest BCUT2D eigenvalue weighted by Gasteiger charge is 1.97. The normalized spacial score (nSPS) is 8.72. The number of imidazole rings is 2. The summed E-state index contributed by atoms with van der Waals surface area (Å²) in [5.74, 6) is 0. The van der Waals surface area contributed by atoms with Crippen molar-refractivity contribution < 1.29 is 35.9 Å². The van der Waals surface area contributed by atoms with Gasteiger partial charge in [-0.2, -0.15) is 5.26 Å². The molecule has 0 aromatic carbocycles. The number of hydrogen-bond acceptors (Lipinski definition) is 6. The Morgan fingerprint density at radius 3 is 2.03 bits per heavy atom. The SMILES string of the molecule is CC#N.COCCOCCl.COCCOCn1cc[n+](C)c1.Cn1ccnc1.[Cl-]. The molecule has 0 saturated carbocycles. The van der Waals surface area contributed by atoms with Crippen LogP contribution in [0.5, 0.6) is 0 Å². The minimum atomic E-state index is 0. The highest BCUT2D eigenvalue weighted by atomic mass is 35.5. The van der Waals surface area contributed by atoms with Crippen LogP contribution in [0.1, 0.15) is 6.92 Å². The molecule has 0 aliphatic heterocycles. The summed E-state index contributed by atoms with van der Waals surface area (Å²) in [4.78, 5) is 3.78. The molecule has 0 N–H and O–H groups in total. The zero-order valence-corrected chi connectivity index (χ0v) is 19.3. The van der Waals surface area contributed by atoms with Gasteiger partial charge in [0, 0.05) is 40.6 Å². The van der Waals surface area contributed by atoms with Gasteiger partial charge in [-0.05, 0) is 0 Å². The number of nitrogens with zero attached hydrogens (tertiary/aromatic N) is 5. The van der Waals surface area contributed by atoms with Crippen molar-refractivity contribution in [1.82, 2.24) is 14.1 Å². The van der Waals surface area contributed by atoms with Gasteiger partial charge in [-0.15, -0.1) is 0 Å². The summed E-state index contributed by atoms with van der Waals surface area (Å²) in [6.07, 6.45) is 11.3. The number of nitriles is 1. The number of ether oxygens (including phenoxy) is 4. The molecule has 0 radical (unpaired) electrons. The summed E-state index contributed by atoms with van der Waals surface area (Å²) in [5.41, 5.74) is 0. The monoisotopic (exact) mass is 453 g/mol. The smallest absolute Gasteiger partial charge is 0.245 e. The molecule has 2 aromatic heterocycles. The Balaban J connectivity index is -0.000000342. The van der Waals surface area contributed by atoms with E-state index in [1.54, 1.807) is 32.8 Å². The lowest BCUT2D eigenvalue weighted by molar-refractivity contribution is -0.671. The van der Waals surface area contributed by atoms with Crippen molar-refractivity contribution in [3.8, 4) is 6.07 Å². The van der Waals surface area contributed by atoms with Crippen LogP contribution < -0.4 is 17.0 Å². The molecular formula is C18H33Cl2N5O4. The third-order valence-electron chi connectivity index (χ3n) is 2.64. The molecule has 0 amide bonds. The average Bonchev–Trinajstić information content (AvgIpc) is 3.32. The van der Waals surface area contributed by atoms with Gasteiger partial charge in [-0.25, -0.2) is 14.1 Å². The Kier molecular flexibility index (Phi) is 29.1. The number of halogens is 2. The van der Waals surface area contributed by atoms with Crippen molar-refractivity contribution in [2.75, 3.05) is 46.7 Å². The Bertz CT molecular complexity index is 573. The van der Waals surface area contributed by atoms with E-state index < -0.39 is 0 Å². The average molecular weight is 454 g/mol. The number of methoxy groups -OCH3 is 2. The van der Waals surface area contributed by atoms with Gasteiger partial charge in [0.1, 0.15) is 18.5 Å². The van der Waals surface area contributed by atoms with Crippen molar-refractivity contribution in [3.63, 3.8) is 0 Å². The maximum Gasteiger partial charge on any atom is 0.245 e. The van der Waals surface area contributed by atoms with Crippen LogP contribution in [0.2, 0.25) is 0 Å². The fourth-order valence-corrected chi connectivity index (χ4v) is 1.52. The molecule has 2 heterocycles. The van der Waals surface area contributed by atoms with Crippen LogP contribution in [0.4, 0.5) is 0 Å². The number of hydrogen-bond donors (Lipinski definition) is 0. The highest BCUT2D eigenvalue weighted by Crippen LogP contribution is 1.85. The fourth-order valence-electron chi connectivity index (χ4n) is 1.41. The Morgan fingerprint density at radius 1 is 1.10 bits per heavy atom. The van der Waals surface area contributed by atoms with Gasteiger partial charge in [-0.1, -0.05) is 11.6 Å². The second kappa shape index (κ2) is 26.3. The van der Waals surface area contributed by atoms with E-state index in [0.29, 0.717) is 33.2 Å². The molecule has 0 saturated heterocycles. The van der Waals surface area contributed by atoms with Crippen LogP contribution in [-0.2, 0) is 39.8 Å². The minimum Gasteiger partial charge on any atom is -1.00 e. The molecule has 11 heteroatoms. The molecule has 168 valence electrons. The number of aryl methyl sites for hydroxylation is 2. The topological polar surface area (TPSA) is 87.3 Å². The highest BCUT2D eigenvalue weighted by molar-refractivity contribution is 6.17. The van der Waals surface area contributed by atoms with Crippen LogP contribution >= 0.6 is 11.6 Å². The predicted octanol–water partition coefficient (Wildman–Crippen LogP) is -1.27. The summed E-state index contributed by atoms with van der Waals surface area (Å²) in [5, 5.41) is 7.32. The summed E-state index contributed by atoms with van der Waals surface area (Å²) < 4.78 is 25.3. The number of alkyl halides is 1. The first-order valence-corrected chi connectivity index (χ1v) is 9.02. The number of rotatable bonds is 9. The van der Waals surface area contributed by atoms with Gasteiger partial charge in [0.05, 0.1) is 45.9 Å². The van der Waals surface area contributed by atoms with Crippen molar-refractivity contribution in [3.05, 3.63) is 37.4 Å². The van der Waals surface area contributed by atoms with E-state index in [9.17, 15) is 0 Å². The van der Waals surface area contributed by atoms with E-state index in [4.69, 9.17) is 31.1 Å². The summed E-state index contributed by atoms with van der Waals surface area (Å²) in [7, 11) is 7.20. The molecule has 2 aromatic rings. The van der Waals surface area contributed by atoms with Crippen LogP contribution in [0.25, 0.3) is 0 Å². The van der Waals surface area contributed by atoms with Crippen molar-refractivity contribution >= 4 is 11.6 Å². The van der Waals surface area contributed by atoms with Gasteiger partial charge >= 0.3 is 0 Å². The van der Waals surface area contributed by atoms with Gasteiger partial charge in [0.25, 0.3) is 0 Å². The summed E-state index contributed by atoms with van der Waals surface area (Å²) >= 11 is 5.16. The maximum atomic E-state index is 7.32. The fraction of sp³-hybridized carbons (Fsp3) is 0.611. The molecule has 0 unspecified atom stereocenters. The van der Waals surface area contributed by atoms with Crippen LogP contribution in [0.15, 0.2) is 37.4 Å². The molecule has 0 spiro atoms. The van der Waals surface area contributed by atoms with E-state index >= 15 is 0 Å². The third-order valence-corrected chi connectivity index (χ3v) is 2.80. The van der Waals surface area contributed by atoms with E-state index in [1.165, 1.54) is 6.92 Å². The Labute approximate surface area is 185 Å². The standard InChI is InChI=1S/C8H15N2O2.C4H9ClO2.C4H6N2.C2H3N.ClH/c1-9-3-4-10(7-9)8-12-6-5-11-2;1-6-2-3-7-4-5;1-6-3-2-5-4-6;1-2-3;/h3-4,7H,5-6,8H2,1-2H3;2-4H2,1H3;2-4H,1H3;1H3;1H/q+1;;;;/p-1. The van der Waals surface area contributed by atoms with Crippen LogP contribution in [-0.4, -0.2) is 60.8 Å². The molecule has 2 rings (SSSR count). The molecule has 0 fully saturated rings. The lowest BCUT2D eigenvalue weighted by atomic mass is 10.8. The molecular weight excluding hydrogens is 421 g/mol. The zero-order valence-electron chi connectivity index (χ0n) is 17.8. The van der Waals surface area contributed by atoms with Crippen molar-refractivity contribution in [2.24, 2.45) is 14.1 Å². The maximum absolute atomic E-state index is 7.32. The first kappa shape index (κ1) is 32.0. The Morgan fingerprint density at radius 2 is 1.69 bits per heavy atom. The predicted molar refractivity (Wildman–Crippen MR) is 106 cm³/mol. The number of aromatic nitrogens is 4. The van der Waals surface area contributed by atoms with Crippen LogP contribution in [0.3, 0.4) is 0 Å². The first-order valence-electron chi connectivity index (χ1n) is 8.48. The minimum absolute atomic E-state index is 0. The lowest BCUT2D eigenvalue weighted by Gasteiger charge is -1.98. The van der Waals surface area contributed by atoms with Gasteiger partial charge < -0.3 is 35.9 Å². The molecule has 0 aliphatic rings. The van der Waals surface area contributed by atoms with Crippen molar-refractivity contribution in [2.45, 2.75) is 13.7 Å². The molecule has 0 aliphatic carbocycles. The van der Waals surface area contributed by atoms with Crippen LogP contribution in [0, 0.1) is 11.3 Å². The summed E-state index contributed by atoms with van der Waals surface area (Å²) in [6.45, 7) is 4.50.